The number of methoxy groups -OCH3 is 1. The molecule has 1 rings (SSSR count). The first-order chi connectivity index (χ1) is 12.9. The number of sulfonamides is 1. The highest BCUT2D eigenvalue weighted by molar-refractivity contribution is 7.89. The molecule has 0 atom stereocenters. The van der Waals surface area contributed by atoms with Gasteiger partial charge < -0.3 is 15.4 Å². The Labute approximate surface area is 164 Å². The zero-order chi connectivity index (χ0) is 21.5. The van der Waals surface area contributed by atoms with Crippen LogP contribution in [-0.2, 0) is 30.5 Å². The zero-order valence-corrected chi connectivity index (χ0v) is 16.3. The van der Waals surface area contributed by atoms with Crippen LogP contribution in [-0.4, -0.2) is 58.5 Å². The smallest absolute Gasteiger partial charge is 0.383 e. The first kappa shape index (κ1) is 24.1. The van der Waals surface area contributed by atoms with E-state index in [1.54, 1.807) is 0 Å². The van der Waals surface area contributed by atoms with Crippen molar-refractivity contribution in [2.45, 2.75) is 17.5 Å². The summed E-state index contributed by atoms with van der Waals surface area (Å²) in [5, 5.41) is -0.637. The Morgan fingerprint density at radius 1 is 1.32 bits per heavy atom. The fraction of sp³-hybridized carbons (Fsp3) is 0.467. The Morgan fingerprint density at radius 3 is 2.50 bits per heavy atom. The lowest BCUT2D eigenvalue weighted by molar-refractivity contribution is -0.137. The maximum absolute atomic E-state index is 12.9. The molecule has 0 aliphatic carbocycles. The number of primary amides is 1. The molecule has 8 nitrogen and oxygen atoms in total. The molecule has 2 amide bonds. The molecule has 28 heavy (non-hydrogen) atoms. The minimum atomic E-state index is -4.82. The van der Waals surface area contributed by atoms with E-state index < -0.39 is 50.0 Å². The second-order valence-electron chi connectivity index (χ2n) is 5.56. The molecule has 0 unspecified atom stereocenters. The summed E-state index contributed by atoms with van der Waals surface area (Å²) in [6, 6.07) is 2.15. The lowest BCUT2D eigenvalue weighted by atomic mass is 10.2. The first-order valence-electron chi connectivity index (χ1n) is 7.80. The molecule has 0 saturated carbocycles. The van der Waals surface area contributed by atoms with Crippen LogP contribution in [0.3, 0.4) is 0 Å². The standard InChI is InChI=1S/C15H19ClF3N3O5S/c1-27-7-6-22(9-13(20)23)14(24)4-5-21-28(25,26)10-2-3-12(16)11(8-10)15(17,18)19/h2-3,8,21H,4-7,9H2,1H3,(H2,20,23). The minimum Gasteiger partial charge on any atom is -0.383 e. The van der Waals surface area contributed by atoms with Gasteiger partial charge in [-0.05, 0) is 18.2 Å². The van der Waals surface area contributed by atoms with Gasteiger partial charge in [0, 0.05) is 26.6 Å². The summed E-state index contributed by atoms with van der Waals surface area (Å²) in [4.78, 5) is 23.5. The van der Waals surface area contributed by atoms with Crippen LogP contribution >= 0.6 is 11.6 Å². The second-order valence-corrected chi connectivity index (χ2v) is 7.74. The topological polar surface area (TPSA) is 119 Å². The third kappa shape index (κ3) is 7.26. The number of nitrogens with one attached hydrogen (secondary N) is 1. The van der Waals surface area contributed by atoms with E-state index in [0.717, 1.165) is 17.0 Å². The maximum atomic E-state index is 12.9. The van der Waals surface area contributed by atoms with Gasteiger partial charge in [-0.3, -0.25) is 9.59 Å². The van der Waals surface area contributed by atoms with Crippen molar-refractivity contribution in [2.24, 2.45) is 5.73 Å². The number of nitrogens with zero attached hydrogens (tertiary/aromatic N) is 1. The number of hydrogen-bond acceptors (Lipinski definition) is 5. The number of halogens is 4. The summed E-state index contributed by atoms with van der Waals surface area (Å²) in [5.41, 5.74) is 3.76. The molecule has 0 heterocycles. The van der Waals surface area contributed by atoms with Gasteiger partial charge in [0.05, 0.1) is 28.6 Å². The summed E-state index contributed by atoms with van der Waals surface area (Å²) in [6.45, 7) is -0.568. The fourth-order valence-electron chi connectivity index (χ4n) is 2.10. The molecule has 0 aliphatic rings. The Kier molecular flexibility index (Phi) is 8.67. The van der Waals surface area contributed by atoms with Gasteiger partial charge in [0.15, 0.2) is 0 Å². The number of benzene rings is 1. The van der Waals surface area contributed by atoms with E-state index in [0.29, 0.717) is 6.07 Å². The Balaban J connectivity index is 2.80. The molecule has 1 aromatic carbocycles. The van der Waals surface area contributed by atoms with E-state index in [9.17, 15) is 31.2 Å². The van der Waals surface area contributed by atoms with Crippen LogP contribution in [0.1, 0.15) is 12.0 Å². The molecule has 0 fully saturated rings. The number of carbonyl (C=O) groups excluding carboxylic acids is 2. The van der Waals surface area contributed by atoms with Crippen LogP contribution in [0.15, 0.2) is 23.1 Å². The highest BCUT2D eigenvalue weighted by atomic mass is 35.5. The third-order valence-corrected chi connectivity index (χ3v) is 5.24. The summed E-state index contributed by atoms with van der Waals surface area (Å²) in [5.74, 6) is -1.34. The van der Waals surface area contributed by atoms with Crippen molar-refractivity contribution < 1.29 is 35.9 Å². The van der Waals surface area contributed by atoms with Crippen molar-refractivity contribution in [1.82, 2.24) is 9.62 Å². The molecule has 0 aliphatic heterocycles. The van der Waals surface area contributed by atoms with Crippen LogP contribution in [0.4, 0.5) is 13.2 Å². The molecule has 0 saturated heterocycles. The van der Waals surface area contributed by atoms with Gasteiger partial charge in [0.2, 0.25) is 21.8 Å². The average Bonchev–Trinajstić information content (AvgIpc) is 2.57. The van der Waals surface area contributed by atoms with E-state index in [1.165, 1.54) is 7.11 Å². The Hall–Kier alpha value is -1.89. The van der Waals surface area contributed by atoms with E-state index in [1.807, 2.05) is 4.72 Å². The van der Waals surface area contributed by atoms with Crippen molar-refractivity contribution >= 4 is 33.4 Å². The lowest BCUT2D eigenvalue weighted by Gasteiger charge is -2.20. The number of nitrogens with two attached hydrogens (primary N) is 1. The van der Waals surface area contributed by atoms with Crippen LogP contribution in [0.5, 0.6) is 0 Å². The highest BCUT2D eigenvalue weighted by Gasteiger charge is 2.34. The van der Waals surface area contributed by atoms with Crippen LogP contribution in [0, 0.1) is 0 Å². The Bertz CT molecular complexity index is 818. The molecular weight excluding hydrogens is 427 g/mol. The predicted molar refractivity (Wildman–Crippen MR) is 93.9 cm³/mol. The van der Waals surface area contributed by atoms with E-state index in [2.05, 4.69) is 0 Å². The van der Waals surface area contributed by atoms with Crippen molar-refractivity contribution in [3.8, 4) is 0 Å². The Morgan fingerprint density at radius 2 is 1.96 bits per heavy atom. The van der Waals surface area contributed by atoms with Crippen LogP contribution < -0.4 is 10.5 Å². The number of rotatable bonds is 10. The molecule has 0 radical (unpaired) electrons. The van der Waals surface area contributed by atoms with Crippen LogP contribution in [0.2, 0.25) is 5.02 Å². The molecule has 158 valence electrons. The molecular formula is C15H19ClF3N3O5S. The summed E-state index contributed by atoms with van der Waals surface area (Å²) < 4.78 is 69.8. The first-order valence-corrected chi connectivity index (χ1v) is 9.66. The minimum absolute atomic E-state index is 0.0666. The third-order valence-electron chi connectivity index (χ3n) is 3.45. The second kappa shape index (κ2) is 10.0. The number of amides is 2. The van der Waals surface area contributed by atoms with E-state index >= 15 is 0 Å². The van der Waals surface area contributed by atoms with Crippen molar-refractivity contribution in [3.63, 3.8) is 0 Å². The van der Waals surface area contributed by atoms with Crippen molar-refractivity contribution in [3.05, 3.63) is 28.8 Å². The number of hydrogen-bond donors (Lipinski definition) is 2. The van der Waals surface area contributed by atoms with Gasteiger partial charge in [-0.2, -0.15) is 13.2 Å². The van der Waals surface area contributed by atoms with Gasteiger partial charge in [0.1, 0.15) is 0 Å². The maximum Gasteiger partial charge on any atom is 0.417 e. The molecule has 1 aromatic rings. The van der Waals surface area contributed by atoms with E-state index in [-0.39, 0.29) is 26.1 Å². The summed E-state index contributed by atoms with van der Waals surface area (Å²) >= 11 is 5.46. The lowest BCUT2D eigenvalue weighted by Crippen LogP contribution is -2.41. The summed E-state index contributed by atoms with van der Waals surface area (Å²) in [6.07, 6.45) is -5.16. The van der Waals surface area contributed by atoms with Gasteiger partial charge in [-0.25, -0.2) is 13.1 Å². The monoisotopic (exact) mass is 445 g/mol. The van der Waals surface area contributed by atoms with Crippen molar-refractivity contribution in [2.75, 3.05) is 33.4 Å². The van der Waals surface area contributed by atoms with Gasteiger partial charge in [-0.15, -0.1) is 0 Å². The summed E-state index contributed by atoms with van der Waals surface area (Å²) in [7, 11) is -2.93. The highest BCUT2D eigenvalue weighted by Crippen LogP contribution is 2.35. The van der Waals surface area contributed by atoms with Gasteiger partial charge in [-0.1, -0.05) is 11.6 Å². The largest absolute Gasteiger partial charge is 0.417 e. The molecule has 0 bridgehead atoms. The molecule has 3 N–H and O–H groups in total. The molecule has 13 heteroatoms. The van der Waals surface area contributed by atoms with Gasteiger partial charge >= 0.3 is 6.18 Å². The quantitative estimate of drug-likeness (QED) is 0.556. The number of alkyl halides is 3. The SMILES string of the molecule is COCCN(CC(N)=O)C(=O)CCNS(=O)(=O)c1ccc(Cl)c(C(F)(F)F)c1. The normalized spacial score (nSPS) is 12.0. The zero-order valence-electron chi connectivity index (χ0n) is 14.8. The predicted octanol–water partition coefficient (Wildman–Crippen LogP) is 0.988. The molecule has 0 aromatic heterocycles. The van der Waals surface area contributed by atoms with Crippen molar-refractivity contribution in [1.29, 1.82) is 0 Å². The fourth-order valence-corrected chi connectivity index (χ4v) is 3.39. The average molecular weight is 446 g/mol. The molecule has 0 spiro atoms. The van der Waals surface area contributed by atoms with Crippen LogP contribution in [0.25, 0.3) is 0 Å². The number of carbonyl (C=O) groups is 2. The van der Waals surface area contributed by atoms with E-state index in [4.69, 9.17) is 22.1 Å². The van der Waals surface area contributed by atoms with Gasteiger partial charge in [0.25, 0.3) is 0 Å². The number of ether oxygens (including phenoxy) is 1.